The second-order valence-electron chi connectivity index (χ2n) is 6.19. The van der Waals surface area contributed by atoms with Crippen LogP contribution in [-0.4, -0.2) is 24.0 Å². The van der Waals surface area contributed by atoms with Crippen molar-refractivity contribution in [2.45, 2.75) is 12.6 Å². The van der Waals surface area contributed by atoms with Gasteiger partial charge in [0.15, 0.2) is 5.13 Å². The van der Waals surface area contributed by atoms with Crippen molar-refractivity contribution in [1.82, 2.24) is 4.98 Å². The van der Waals surface area contributed by atoms with Gasteiger partial charge < -0.3 is 15.4 Å². The standard InChI is InChI=1S/C20H17F3N4O3S/c1-30-16-9-5-4-8-15(16)26-18(29)27-19-24-12(11-31-19)10-17(28)25-14-7-3-2-6-13(14)20(21,22)23/h2-9,11H,10H2,1H3,(H,25,28)(H2,24,26,27,29). The minimum Gasteiger partial charge on any atom is -0.495 e. The van der Waals surface area contributed by atoms with Crippen LogP contribution in [0.25, 0.3) is 0 Å². The molecule has 1 aromatic heterocycles. The van der Waals surface area contributed by atoms with E-state index in [1.165, 1.54) is 30.7 Å². The first-order valence-electron chi connectivity index (χ1n) is 8.88. The van der Waals surface area contributed by atoms with Gasteiger partial charge in [-0.25, -0.2) is 9.78 Å². The summed E-state index contributed by atoms with van der Waals surface area (Å²) in [5.41, 5.74) is -0.497. The van der Waals surface area contributed by atoms with Gasteiger partial charge >= 0.3 is 12.2 Å². The van der Waals surface area contributed by atoms with Gasteiger partial charge in [0.2, 0.25) is 5.91 Å². The van der Waals surface area contributed by atoms with Crippen LogP contribution >= 0.6 is 11.3 Å². The van der Waals surface area contributed by atoms with Gasteiger partial charge in [-0.05, 0) is 24.3 Å². The fourth-order valence-electron chi connectivity index (χ4n) is 2.64. The Morgan fingerprint density at radius 2 is 1.68 bits per heavy atom. The Morgan fingerprint density at radius 1 is 1.00 bits per heavy atom. The molecule has 0 saturated carbocycles. The second kappa shape index (κ2) is 9.47. The molecule has 3 rings (SSSR count). The number of urea groups is 1. The Bertz CT molecular complexity index is 1090. The molecule has 31 heavy (non-hydrogen) atoms. The van der Waals surface area contributed by atoms with E-state index >= 15 is 0 Å². The molecule has 2 aromatic carbocycles. The molecule has 0 aliphatic heterocycles. The summed E-state index contributed by atoms with van der Waals surface area (Å²) in [5, 5.41) is 9.17. The SMILES string of the molecule is COc1ccccc1NC(=O)Nc1nc(CC(=O)Nc2ccccc2C(F)(F)F)cs1. The number of anilines is 3. The highest BCUT2D eigenvalue weighted by Gasteiger charge is 2.33. The minimum absolute atomic E-state index is 0.228. The van der Waals surface area contributed by atoms with E-state index < -0.39 is 23.7 Å². The van der Waals surface area contributed by atoms with Crippen LogP contribution in [0.3, 0.4) is 0 Å². The van der Waals surface area contributed by atoms with Crippen molar-refractivity contribution in [2.75, 3.05) is 23.1 Å². The summed E-state index contributed by atoms with van der Waals surface area (Å²) in [4.78, 5) is 28.5. The van der Waals surface area contributed by atoms with Crippen molar-refractivity contribution >= 4 is 39.8 Å². The van der Waals surface area contributed by atoms with E-state index in [1.807, 2.05) is 0 Å². The van der Waals surface area contributed by atoms with Gasteiger partial charge in [0.05, 0.1) is 36.2 Å². The van der Waals surface area contributed by atoms with E-state index in [1.54, 1.807) is 24.3 Å². The number of para-hydroxylation sites is 3. The highest BCUT2D eigenvalue weighted by atomic mass is 32.1. The second-order valence-corrected chi connectivity index (χ2v) is 7.05. The van der Waals surface area contributed by atoms with Crippen LogP contribution in [0.1, 0.15) is 11.3 Å². The molecule has 3 aromatic rings. The number of ether oxygens (including phenoxy) is 1. The molecule has 0 atom stereocenters. The number of amides is 3. The third-order valence-electron chi connectivity index (χ3n) is 3.98. The number of carbonyl (C=O) groups excluding carboxylic acids is 2. The molecule has 11 heteroatoms. The molecular weight excluding hydrogens is 433 g/mol. The smallest absolute Gasteiger partial charge is 0.418 e. The maximum atomic E-state index is 13.0. The number of benzene rings is 2. The van der Waals surface area contributed by atoms with E-state index in [4.69, 9.17) is 4.74 Å². The Hall–Kier alpha value is -3.60. The number of nitrogens with zero attached hydrogens (tertiary/aromatic N) is 1. The number of methoxy groups -OCH3 is 1. The van der Waals surface area contributed by atoms with Crippen LogP contribution in [0.5, 0.6) is 5.75 Å². The quantitative estimate of drug-likeness (QED) is 0.493. The highest BCUT2D eigenvalue weighted by molar-refractivity contribution is 7.14. The van der Waals surface area contributed by atoms with E-state index in [2.05, 4.69) is 20.9 Å². The number of halogens is 3. The molecule has 1 heterocycles. The number of thiazole rings is 1. The average molecular weight is 450 g/mol. The van der Waals surface area contributed by atoms with Crippen LogP contribution in [0.15, 0.2) is 53.9 Å². The Morgan fingerprint density at radius 3 is 2.39 bits per heavy atom. The first-order chi connectivity index (χ1) is 14.8. The maximum absolute atomic E-state index is 13.0. The van der Waals surface area contributed by atoms with Crippen LogP contribution < -0.4 is 20.7 Å². The van der Waals surface area contributed by atoms with Crippen molar-refractivity contribution in [1.29, 1.82) is 0 Å². The highest BCUT2D eigenvalue weighted by Crippen LogP contribution is 2.34. The van der Waals surface area contributed by atoms with E-state index in [9.17, 15) is 22.8 Å². The summed E-state index contributed by atoms with van der Waals surface area (Å²) in [6.07, 6.45) is -4.84. The van der Waals surface area contributed by atoms with Crippen molar-refractivity contribution in [2.24, 2.45) is 0 Å². The van der Waals surface area contributed by atoms with E-state index in [0.717, 1.165) is 17.4 Å². The van der Waals surface area contributed by atoms with E-state index in [-0.39, 0.29) is 17.2 Å². The van der Waals surface area contributed by atoms with Crippen molar-refractivity contribution < 1.29 is 27.5 Å². The van der Waals surface area contributed by atoms with Gasteiger partial charge in [-0.2, -0.15) is 13.2 Å². The number of aromatic nitrogens is 1. The maximum Gasteiger partial charge on any atom is 0.418 e. The number of alkyl halides is 3. The van der Waals surface area contributed by atoms with Crippen molar-refractivity contribution in [3.8, 4) is 5.75 Å². The molecular formula is C20H17F3N4O3S. The molecule has 7 nitrogen and oxygen atoms in total. The lowest BCUT2D eigenvalue weighted by Gasteiger charge is -2.13. The van der Waals surface area contributed by atoms with Gasteiger partial charge in [0.1, 0.15) is 5.75 Å². The molecule has 0 saturated heterocycles. The molecule has 0 unspecified atom stereocenters. The molecule has 3 amide bonds. The predicted octanol–water partition coefficient (Wildman–Crippen LogP) is 5.00. The molecule has 3 N–H and O–H groups in total. The zero-order valence-electron chi connectivity index (χ0n) is 16.1. The zero-order valence-corrected chi connectivity index (χ0v) is 16.9. The fourth-order valence-corrected chi connectivity index (χ4v) is 3.35. The summed E-state index contributed by atoms with van der Waals surface area (Å²) < 4.78 is 44.3. The van der Waals surface area contributed by atoms with Gasteiger partial charge in [-0.1, -0.05) is 24.3 Å². The predicted molar refractivity (Wildman–Crippen MR) is 112 cm³/mol. The molecule has 0 fully saturated rings. The Labute approximate surface area is 179 Å². The Kier molecular flexibility index (Phi) is 6.75. The average Bonchev–Trinajstić information content (AvgIpc) is 3.14. The van der Waals surface area contributed by atoms with E-state index in [0.29, 0.717) is 17.1 Å². The third-order valence-corrected chi connectivity index (χ3v) is 4.78. The lowest BCUT2D eigenvalue weighted by Crippen LogP contribution is -2.20. The van der Waals surface area contributed by atoms with Gasteiger partial charge in [0.25, 0.3) is 0 Å². The number of carbonyl (C=O) groups is 2. The number of nitrogens with one attached hydrogen (secondary N) is 3. The monoisotopic (exact) mass is 450 g/mol. The van der Waals surface area contributed by atoms with Gasteiger partial charge in [0, 0.05) is 5.38 Å². The molecule has 0 radical (unpaired) electrons. The van der Waals surface area contributed by atoms with Gasteiger partial charge in [-0.3, -0.25) is 10.1 Å². The van der Waals surface area contributed by atoms with Crippen LogP contribution in [0.4, 0.5) is 34.5 Å². The van der Waals surface area contributed by atoms with Crippen LogP contribution in [0, 0.1) is 0 Å². The van der Waals surface area contributed by atoms with Crippen LogP contribution in [-0.2, 0) is 17.4 Å². The first kappa shape index (κ1) is 22.1. The fraction of sp³-hybridized carbons (Fsp3) is 0.150. The van der Waals surface area contributed by atoms with Crippen LogP contribution in [0.2, 0.25) is 0 Å². The normalized spacial score (nSPS) is 11.0. The van der Waals surface area contributed by atoms with Crippen molar-refractivity contribution in [3.05, 3.63) is 65.2 Å². The lowest BCUT2D eigenvalue weighted by atomic mass is 10.1. The zero-order chi connectivity index (χ0) is 22.4. The molecule has 0 aliphatic rings. The summed E-state index contributed by atoms with van der Waals surface area (Å²) in [5.74, 6) is -0.180. The van der Waals surface area contributed by atoms with Gasteiger partial charge in [-0.15, -0.1) is 11.3 Å². The Balaban J connectivity index is 1.59. The summed E-state index contributed by atoms with van der Waals surface area (Å²) in [6, 6.07) is 11.0. The summed E-state index contributed by atoms with van der Waals surface area (Å²) in [7, 11) is 1.48. The third kappa shape index (κ3) is 5.95. The molecule has 0 spiro atoms. The molecule has 0 bridgehead atoms. The molecule has 0 aliphatic carbocycles. The summed E-state index contributed by atoms with van der Waals surface area (Å²) in [6.45, 7) is 0. The number of hydrogen-bond donors (Lipinski definition) is 3. The number of rotatable bonds is 6. The molecule has 162 valence electrons. The minimum atomic E-state index is -4.59. The first-order valence-corrected chi connectivity index (χ1v) is 9.75. The van der Waals surface area contributed by atoms with Crippen molar-refractivity contribution in [3.63, 3.8) is 0 Å². The largest absolute Gasteiger partial charge is 0.495 e. The number of hydrogen-bond acceptors (Lipinski definition) is 5. The lowest BCUT2D eigenvalue weighted by molar-refractivity contribution is -0.137. The summed E-state index contributed by atoms with van der Waals surface area (Å²) >= 11 is 1.08. The topological polar surface area (TPSA) is 92.3 Å².